The number of carbonyl (C=O) groups excluding carboxylic acids is 2. The van der Waals surface area contributed by atoms with Gasteiger partial charge >= 0.3 is 0 Å². The molecule has 1 fully saturated rings. The van der Waals surface area contributed by atoms with Crippen molar-refractivity contribution in [2.45, 2.75) is 20.0 Å². The van der Waals surface area contributed by atoms with E-state index in [2.05, 4.69) is 10.6 Å². The number of hydrogen-bond acceptors (Lipinski definition) is 5. The van der Waals surface area contributed by atoms with Crippen LogP contribution in [0.5, 0.6) is 5.75 Å². The maximum Gasteiger partial charge on any atom is 0.257 e. The molecule has 1 saturated heterocycles. The molecule has 0 atom stereocenters. The van der Waals surface area contributed by atoms with Gasteiger partial charge in [0.15, 0.2) is 5.11 Å². The molecule has 158 valence electrons. The molecule has 0 saturated carbocycles. The molecular formula is C22H25N3O4S. The summed E-state index contributed by atoms with van der Waals surface area (Å²) in [6, 6.07) is 13.9. The van der Waals surface area contributed by atoms with Crippen LogP contribution in [0.3, 0.4) is 0 Å². The first kappa shape index (κ1) is 21.7. The van der Waals surface area contributed by atoms with Gasteiger partial charge < -0.3 is 19.7 Å². The lowest BCUT2D eigenvalue weighted by Crippen LogP contribution is -2.40. The molecule has 0 bridgehead atoms. The van der Waals surface area contributed by atoms with Crippen molar-refractivity contribution in [1.29, 1.82) is 0 Å². The zero-order chi connectivity index (χ0) is 21.5. The lowest BCUT2D eigenvalue weighted by molar-refractivity contribution is 0.0303. The third-order valence-corrected chi connectivity index (χ3v) is 4.59. The molecule has 2 N–H and O–H groups in total. The molecule has 0 unspecified atom stereocenters. The van der Waals surface area contributed by atoms with Crippen molar-refractivity contribution in [3.63, 3.8) is 0 Å². The summed E-state index contributed by atoms with van der Waals surface area (Å²) in [6.07, 6.45) is 0.0177. The third-order valence-electron chi connectivity index (χ3n) is 4.38. The minimum atomic E-state index is -0.333. The quantitative estimate of drug-likeness (QED) is 0.714. The molecule has 2 amide bonds. The van der Waals surface area contributed by atoms with E-state index >= 15 is 0 Å². The SMILES string of the molecule is CC(C)Oc1cccc(C(=O)NC(=S)Nc2ccc(C(=O)N3CCOCC3)cc2)c1. The molecule has 2 aromatic rings. The average molecular weight is 428 g/mol. The monoisotopic (exact) mass is 427 g/mol. The van der Waals surface area contributed by atoms with Gasteiger partial charge in [0.1, 0.15) is 5.75 Å². The van der Waals surface area contributed by atoms with Crippen LogP contribution in [-0.4, -0.2) is 54.2 Å². The van der Waals surface area contributed by atoms with E-state index in [0.29, 0.717) is 48.9 Å². The summed E-state index contributed by atoms with van der Waals surface area (Å²) < 4.78 is 10.9. The summed E-state index contributed by atoms with van der Waals surface area (Å²) in [5, 5.41) is 5.78. The van der Waals surface area contributed by atoms with Gasteiger partial charge in [0.25, 0.3) is 11.8 Å². The standard InChI is InChI=1S/C22H25N3O4S/c1-15(2)29-19-5-3-4-17(14-19)20(26)24-22(30)23-18-8-6-16(7-9-18)21(27)25-10-12-28-13-11-25/h3-9,14-15H,10-13H2,1-2H3,(H2,23,24,26,30). The van der Waals surface area contributed by atoms with Crippen LogP contribution >= 0.6 is 12.2 Å². The summed E-state index contributed by atoms with van der Waals surface area (Å²) in [4.78, 5) is 26.7. The van der Waals surface area contributed by atoms with Gasteiger partial charge in [-0.1, -0.05) is 6.07 Å². The highest BCUT2D eigenvalue weighted by Gasteiger charge is 2.18. The summed E-state index contributed by atoms with van der Waals surface area (Å²) >= 11 is 5.24. The van der Waals surface area contributed by atoms with Crippen LogP contribution in [0.2, 0.25) is 0 Å². The van der Waals surface area contributed by atoms with E-state index in [9.17, 15) is 9.59 Å². The third kappa shape index (κ3) is 6.01. The molecule has 30 heavy (non-hydrogen) atoms. The number of rotatable bonds is 5. The van der Waals surface area contributed by atoms with Gasteiger partial charge in [-0.25, -0.2) is 0 Å². The Bertz CT molecular complexity index is 909. The molecule has 0 aromatic heterocycles. The van der Waals surface area contributed by atoms with Crippen molar-refractivity contribution in [2.24, 2.45) is 0 Å². The Morgan fingerprint density at radius 2 is 1.77 bits per heavy atom. The van der Waals surface area contributed by atoms with Crippen LogP contribution in [-0.2, 0) is 4.74 Å². The summed E-state index contributed by atoms with van der Waals surface area (Å²) in [6.45, 7) is 6.16. The molecule has 8 heteroatoms. The summed E-state index contributed by atoms with van der Waals surface area (Å²) in [7, 11) is 0. The van der Waals surface area contributed by atoms with Crippen LogP contribution in [0.4, 0.5) is 5.69 Å². The Morgan fingerprint density at radius 3 is 2.43 bits per heavy atom. The Balaban J connectivity index is 1.55. The topological polar surface area (TPSA) is 79.9 Å². The van der Waals surface area contributed by atoms with Gasteiger partial charge in [-0.3, -0.25) is 14.9 Å². The normalized spacial score (nSPS) is 13.6. The maximum absolute atomic E-state index is 12.5. The fraction of sp³-hybridized carbons (Fsp3) is 0.318. The fourth-order valence-corrected chi connectivity index (χ4v) is 3.18. The van der Waals surface area contributed by atoms with E-state index in [1.807, 2.05) is 13.8 Å². The predicted octanol–water partition coefficient (Wildman–Crippen LogP) is 3.07. The zero-order valence-electron chi connectivity index (χ0n) is 17.0. The molecule has 3 rings (SSSR count). The van der Waals surface area contributed by atoms with Crippen molar-refractivity contribution in [2.75, 3.05) is 31.6 Å². The number of ether oxygens (including phenoxy) is 2. The van der Waals surface area contributed by atoms with Crippen LogP contribution in [0.25, 0.3) is 0 Å². The lowest BCUT2D eigenvalue weighted by Gasteiger charge is -2.26. The van der Waals surface area contributed by atoms with Crippen LogP contribution in [0, 0.1) is 0 Å². The molecule has 7 nitrogen and oxygen atoms in total. The minimum absolute atomic E-state index is 0.0177. The van der Waals surface area contributed by atoms with Gasteiger partial charge in [-0.05, 0) is 68.5 Å². The number of benzene rings is 2. The molecule has 0 spiro atoms. The molecule has 1 aliphatic rings. The second-order valence-corrected chi connectivity index (χ2v) is 7.49. The van der Waals surface area contributed by atoms with Crippen LogP contribution < -0.4 is 15.4 Å². The maximum atomic E-state index is 12.5. The van der Waals surface area contributed by atoms with Gasteiger partial charge in [-0.15, -0.1) is 0 Å². The first-order valence-corrected chi connectivity index (χ1v) is 10.2. The fourth-order valence-electron chi connectivity index (χ4n) is 2.97. The van der Waals surface area contributed by atoms with Gasteiger partial charge in [0.2, 0.25) is 0 Å². The van der Waals surface area contributed by atoms with Gasteiger partial charge in [0.05, 0.1) is 19.3 Å². The number of amides is 2. The highest BCUT2D eigenvalue weighted by Crippen LogP contribution is 2.16. The summed E-state index contributed by atoms with van der Waals surface area (Å²) in [5.74, 6) is 0.266. The number of anilines is 1. The number of carbonyl (C=O) groups is 2. The molecule has 0 radical (unpaired) electrons. The second kappa shape index (κ2) is 10.2. The van der Waals surface area contributed by atoms with Crippen molar-refractivity contribution in [1.82, 2.24) is 10.2 Å². The van der Waals surface area contributed by atoms with Crippen molar-refractivity contribution in [3.8, 4) is 5.75 Å². The second-order valence-electron chi connectivity index (χ2n) is 7.08. The van der Waals surface area contributed by atoms with E-state index in [0.717, 1.165) is 0 Å². The number of hydrogen-bond donors (Lipinski definition) is 2. The van der Waals surface area contributed by atoms with E-state index in [1.165, 1.54) is 0 Å². The zero-order valence-corrected chi connectivity index (χ0v) is 17.8. The molecule has 0 aliphatic carbocycles. The van der Waals surface area contributed by atoms with Gasteiger partial charge in [0, 0.05) is 29.9 Å². The number of nitrogens with zero attached hydrogens (tertiary/aromatic N) is 1. The Kier molecular flexibility index (Phi) is 7.37. The smallest absolute Gasteiger partial charge is 0.257 e. The van der Waals surface area contributed by atoms with E-state index in [-0.39, 0.29) is 23.0 Å². The predicted molar refractivity (Wildman–Crippen MR) is 119 cm³/mol. The molecule has 1 aliphatic heterocycles. The molecule has 1 heterocycles. The van der Waals surface area contributed by atoms with E-state index in [1.54, 1.807) is 53.4 Å². The largest absolute Gasteiger partial charge is 0.491 e. The van der Waals surface area contributed by atoms with Crippen LogP contribution in [0.1, 0.15) is 34.6 Å². The summed E-state index contributed by atoms with van der Waals surface area (Å²) in [5.41, 5.74) is 1.72. The Hall–Kier alpha value is -2.97. The molecular weight excluding hydrogens is 402 g/mol. The van der Waals surface area contributed by atoms with E-state index in [4.69, 9.17) is 21.7 Å². The number of nitrogens with one attached hydrogen (secondary N) is 2. The highest BCUT2D eigenvalue weighted by molar-refractivity contribution is 7.80. The lowest BCUT2D eigenvalue weighted by atomic mass is 10.1. The highest BCUT2D eigenvalue weighted by atomic mass is 32.1. The van der Waals surface area contributed by atoms with Crippen molar-refractivity contribution in [3.05, 3.63) is 59.7 Å². The Morgan fingerprint density at radius 1 is 1.07 bits per heavy atom. The first-order valence-electron chi connectivity index (χ1n) is 9.78. The number of morpholine rings is 1. The van der Waals surface area contributed by atoms with E-state index < -0.39 is 0 Å². The van der Waals surface area contributed by atoms with Gasteiger partial charge in [-0.2, -0.15) is 0 Å². The molecule has 2 aromatic carbocycles. The first-order chi connectivity index (χ1) is 14.4. The van der Waals surface area contributed by atoms with Crippen LogP contribution in [0.15, 0.2) is 48.5 Å². The van der Waals surface area contributed by atoms with Crippen molar-refractivity contribution < 1.29 is 19.1 Å². The van der Waals surface area contributed by atoms with Crippen molar-refractivity contribution >= 4 is 34.8 Å². The average Bonchev–Trinajstić information content (AvgIpc) is 2.74. The Labute approximate surface area is 181 Å². The minimum Gasteiger partial charge on any atom is -0.491 e. The number of thiocarbonyl (C=S) groups is 1.